The lowest BCUT2D eigenvalue weighted by Gasteiger charge is -2.09. The second-order valence-electron chi connectivity index (χ2n) is 9.59. The van der Waals surface area contributed by atoms with Crippen LogP contribution in [0.15, 0.2) is 118 Å². The van der Waals surface area contributed by atoms with Crippen molar-refractivity contribution in [2.45, 2.75) is 0 Å². The number of hydrogen-bond donors (Lipinski definition) is 0. The number of rotatable bonds is 3. The van der Waals surface area contributed by atoms with Crippen LogP contribution in [0, 0.1) is 11.3 Å². The maximum atomic E-state index is 9.81. The smallest absolute Gasteiger partial charge is 0.164 e. The molecule has 0 bridgehead atoms. The van der Waals surface area contributed by atoms with Crippen molar-refractivity contribution in [2.24, 2.45) is 0 Å². The van der Waals surface area contributed by atoms with Crippen LogP contribution in [0.1, 0.15) is 5.56 Å². The Morgan fingerprint density at radius 2 is 1.12 bits per heavy atom. The number of fused-ring (bicyclic) bond motifs is 6. The highest BCUT2D eigenvalue weighted by Gasteiger charge is 2.19. The van der Waals surface area contributed by atoms with Crippen molar-refractivity contribution < 1.29 is 8.83 Å². The van der Waals surface area contributed by atoms with E-state index >= 15 is 0 Å². The van der Waals surface area contributed by atoms with E-state index in [1.165, 1.54) is 0 Å². The molecule has 0 aliphatic rings. The molecule has 0 fully saturated rings. The van der Waals surface area contributed by atoms with Crippen LogP contribution in [0.2, 0.25) is 0 Å². The number of aromatic nitrogens is 3. The van der Waals surface area contributed by atoms with Crippen molar-refractivity contribution in [1.82, 2.24) is 15.0 Å². The first-order valence-corrected chi connectivity index (χ1v) is 12.8. The summed E-state index contributed by atoms with van der Waals surface area (Å²) in [6.07, 6.45) is 0. The molecule has 0 aliphatic heterocycles. The zero-order valence-corrected chi connectivity index (χ0v) is 21.0. The molecule has 3 heterocycles. The highest BCUT2D eigenvalue weighted by atomic mass is 16.3. The zero-order chi connectivity index (χ0) is 26.6. The summed E-state index contributed by atoms with van der Waals surface area (Å²) in [5.74, 6) is 1.50. The van der Waals surface area contributed by atoms with Crippen molar-refractivity contribution in [3.63, 3.8) is 0 Å². The van der Waals surface area contributed by atoms with Crippen LogP contribution in [0.4, 0.5) is 0 Å². The van der Waals surface area contributed by atoms with E-state index in [9.17, 15) is 5.26 Å². The highest BCUT2D eigenvalue weighted by molar-refractivity contribution is 6.12. The van der Waals surface area contributed by atoms with Crippen LogP contribution in [0.5, 0.6) is 0 Å². The van der Waals surface area contributed by atoms with Crippen molar-refractivity contribution in [3.05, 3.63) is 115 Å². The Morgan fingerprint density at radius 3 is 1.93 bits per heavy atom. The summed E-state index contributed by atoms with van der Waals surface area (Å²) in [7, 11) is 0. The Kier molecular flexibility index (Phi) is 4.78. The van der Waals surface area contributed by atoms with Gasteiger partial charge < -0.3 is 8.83 Å². The van der Waals surface area contributed by atoms with Crippen molar-refractivity contribution in [3.8, 4) is 40.2 Å². The summed E-state index contributed by atoms with van der Waals surface area (Å²) >= 11 is 0. The summed E-state index contributed by atoms with van der Waals surface area (Å²) in [5.41, 5.74) is 5.79. The SMILES string of the molecule is N#Cc1cc(-c2nc(-c3ccccc3)nc(-c3ccc4c(c3)oc3ccccc34)n2)c2c(c1)oc1ccccc12. The summed E-state index contributed by atoms with van der Waals surface area (Å²) in [6, 6.07) is 37.5. The van der Waals surface area contributed by atoms with Crippen molar-refractivity contribution in [2.75, 3.05) is 0 Å². The average Bonchev–Trinajstić information content (AvgIpc) is 3.58. The fourth-order valence-electron chi connectivity index (χ4n) is 5.30. The quantitative estimate of drug-likeness (QED) is 0.235. The molecule has 0 saturated carbocycles. The lowest BCUT2D eigenvalue weighted by molar-refractivity contribution is 0.668. The zero-order valence-electron chi connectivity index (χ0n) is 21.0. The topological polar surface area (TPSA) is 88.7 Å². The number of para-hydroxylation sites is 2. The van der Waals surface area contributed by atoms with Gasteiger partial charge in [0.2, 0.25) is 0 Å². The summed E-state index contributed by atoms with van der Waals surface area (Å²) in [6.45, 7) is 0. The van der Waals surface area contributed by atoms with Crippen LogP contribution in [-0.2, 0) is 0 Å². The molecular weight excluding hydrogens is 496 g/mol. The minimum absolute atomic E-state index is 0.460. The van der Waals surface area contributed by atoms with E-state index in [4.69, 9.17) is 23.8 Å². The number of nitrogens with zero attached hydrogens (tertiary/aromatic N) is 4. The van der Waals surface area contributed by atoms with Crippen molar-refractivity contribution >= 4 is 43.9 Å². The third-order valence-electron chi connectivity index (χ3n) is 7.15. The molecule has 6 heteroatoms. The summed E-state index contributed by atoms with van der Waals surface area (Å²) < 4.78 is 12.3. The highest BCUT2D eigenvalue weighted by Crippen LogP contribution is 2.38. The van der Waals surface area contributed by atoms with Crippen LogP contribution in [-0.4, -0.2) is 15.0 Å². The number of benzene rings is 5. The van der Waals surface area contributed by atoms with E-state index < -0.39 is 0 Å². The van der Waals surface area contributed by atoms with E-state index in [1.54, 1.807) is 6.07 Å². The molecule has 0 unspecified atom stereocenters. The molecule has 0 saturated heterocycles. The van der Waals surface area contributed by atoms with E-state index in [0.29, 0.717) is 34.2 Å². The molecule has 3 aromatic heterocycles. The molecule has 0 aliphatic carbocycles. The fraction of sp³-hybridized carbons (Fsp3) is 0. The minimum atomic E-state index is 0.460. The number of furan rings is 2. The molecule has 40 heavy (non-hydrogen) atoms. The standard InChI is InChI=1S/C34H18N4O2/c35-19-20-16-26(31-25-11-5-7-13-28(25)40-30(31)17-20)34-37-32(21-8-2-1-3-9-21)36-33(38-34)22-14-15-24-23-10-4-6-12-27(23)39-29(24)18-22/h1-18H. The molecular formula is C34H18N4O2. The summed E-state index contributed by atoms with van der Waals surface area (Å²) in [4.78, 5) is 14.7. The summed E-state index contributed by atoms with van der Waals surface area (Å²) in [5, 5.41) is 13.7. The second-order valence-corrected chi connectivity index (χ2v) is 9.59. The third-order valence-corrected chi connectivity index (χ3v) is 7.15. The molecule has 8 aromatic rings. The molecule has 0 N–H and O–H groups in total. The van der Waals surface area contributed by atoms with Gasteiger partial charge in [0.25, 0.3) is 0 Å². The van der Waals surface area contributed by atoms with Gasteiger partial charge in [-0.25, -0.2) is 15.0 Å². The van der Waals surface area contributed by atoms with Crippen LogP contribution >= 0.6 is 0 Å². The van der Waals surface area contributed by atoms with Crippen LogP contribution in [0.3, 0.4) is 0 Å². The monoisotopic (exact) mass is 514 g/mol. The van der Waals surface area contributed by atoms with Gasteiger partial charge in [0.05, 0.1) is 11.6 Å². The van der Waals surface area contributed by atoms with E-state index in [2.05, 4.69) is 12.1 Å². The van der Waals surface area contributed by atoms with Gasteiger partial charge in [-0.1, -0.05) is 72.8 Å². The van der Waals surface area contributed by atoms with Gasteiger partial charge in [-0.3, -0.25) is 0 Å². The largest absolute Gasteiger partial charge is 0.456 e. The lowest BCUT2D eigenvalue weighted by Crippen LogP contribution is -2.00. The Labute approximate surface area is 227 Å². The lowest BCUT2D eigenvalue weighted by atomic mass is 10.0. The molecule has 5 aromatic carbocycles. The molecule has 8 rings (SSSR count). The molecule has 186 valence electrons. The van der Waals surface area contributed by atoms with Crippen LogP contribution in [0.25, 0.3) is 78.0 Å². The predicted molar refractivity (Wildman–Crippen MR) is 155 cm³/mol. The van der Waals surface area contributed by atoms with Gasteiger partial charge >= 0.3 is 0 Å². The molecule has 6 nitrogen and oxygen atoms in total. The minimum Gasteiger partial charge on any atom is -0.456 e. The predicted octanol–water partition coefficient (Wildman–Crippen LogP) is 8.54. The second kappa shape index (κ2) is 8.62. The maximum absolute atomic E-state index is 9.81. The molecule has 0 radical (unpaired) electrons. The number of nitriles is 1. The van der Waals surface area contributed by atoms with E-state index in [0.717, 1.165) is 49.4 Å². The van der Waals surface area contributed by atoms with Gasteiger partial charge in [0, 0.05) is 38.2 Å². The first-order chi connectivity index (χ1) is 19.7. The normalized spacial score (nSPS) is 11.5. The number of hydrogen-bond acceptors (Lipinski definition) is 6. The van der Waals surface area contributed by atoms with E-state index in [1.807, 2.05) is 97.1 Å². The molecule has 0 atom stereocenters. The Bertz CT molecular complexity index is 2290. The third kappa shape index (κ3) is 3.46. The first kappa shape index (κ1) is 22.2. The van der Waals surface area contributed by atoms with Crippen LogP contribution < -0.4 is 0 Å². The van der Waals surface area contributed by atoms with Gasteiger partial charge in [0.1, 0.15) is 22.3 Å². The van der Waals surface area contributed by atoms with Crippen molar-refractivity contribution in [1.29, 1.82) is 5.26 Å². The van der Waals surface area contributed by atoms with Gasteiger partial charge in [0.15, 0.2) is 17.5 Å². The first-order valence-electron chi connectivity index (χ1n) is 12.8. The Hall–Kier alpha value is -5.80. The van der Waals surface area contributed by atoms with Gasteiger partial charge in [-0.2, -0.15) is 5.26 Å². The van der Waals surface area contributed by atoms with Gasteiger partial charge in [-0.05, 0) is 36.4 Å². The van der Waals surface area contributed by atoms with E-state index in [-0.39, 0.29) is 0 Å². The Balaban J connectivity index is 1.41. The fourth-order valence-corrected chi connectivity index (χ4v) is 5.30. The van der Waals surface area contributed by atoms with Gasteiger partial charge in [-0.15, -0.1) is 0 Å². The maximum Gasteiger partial charge on any atom is 0.164 e. The molecule has 0 amide bonds. The Morgan fingerprint density at radius 1 is 0.500 bits per heavy atom. The average molecular weight is 515 g/mol. The molecule has 0 spiro atoms.